The molecular weight excluding hydrogens is 136 g/mol. The molecule has 1 aliphatic heterocycles. The summed E-state index contributed by atoms with van der Waals surface area (Å²) in [4.78, 5) is 0. The van der Waals surface area contributed by atoms with Gasteiger partial charge in [0.05, 0.1) is 0 Å². The van der Waals surface area contributed by atoms with Gasteiger partial charge in [0.2, 0.25) is 0 Å². The Kier molecular flexibility index (Phi) is 4.29. The molecule has 0 radical (unpaired) electrons. The molecule has 0 aromatic carbocycles. The Labute approximate surface area is 69.4 Å². The van der Waals surface area contributed by atoms with Crippen molar-refractivity contribution in [2.45, 2.75) is 32.1 Å². The van der Waals surface area contributed by atoms with Gasteiger partial charge in [0, 0.05) is 13.2 Å². The average molecular weight is 154 g/mol. The number of hydrogen-bond donors (Lipinski definition) is 0. The van der Waals surface area contributed by atoms with Crippen LogP contribution in [-0.4, -0.2) is 13.2 Å². The zero-order chi connectivity index (χ0) is 7.94. The Morgan fingerprint density at radius 3 is 3.00 bits per heavy atom. The molecule has 1 nitrogen and oxygen atoms in total. The molecule has 1 saturated heterocycles. The van der Waals surface area contributed by atoms with E-state index in [2.05, 4.69) is 6.58 Å². The molecule has 0 aromatic rings. The summed E-state index contributed by atoms with van der Waals surface area (Å²) in [6.07, 6.45) is 8.47. The Bertz CT molecular complexity index is 103. The Morgan fingerprint density at radius 1 is 1.45 bits per heavy atom. The molecule has 1 rings (SSSR count). The maximum Gasteiger partial charge on any atom is 0.0495 e. The summed E-state index contributed by atoms with van der Waals surface area (Å²) in [5.41, 5.74) is 0. The quantitative estimate of drug-likeness (QED) is 0.437. The maximum absolute atomic E-state index is 5.29. The van der Waals surface area contributed by atoms with Crippen molar-refractivity contribution in [1.82, 2.24) is 0 Å². The van der Waals surface area contributed by atoms with Crippen LogP contribution in [0.2, 0.25) is 0 Å². The van der Waals surface area contributed by atoms with Gasteiger partial charge in [0.15, 0.2) is 0 Å². The monoisotopic (exact) mass is 154 g/mol. The largest absolute Gasteiger partial charge is 0.381 e. The van der Waals surface area contributed by atoms with E-state index in [9.17, 15) is 0 Å². The van der Waals surface area contributed by atoms with E-state index >= 15 is 0 Å². The van der Waals surface area contributed by atoms with Gasteiger partial charge in [-0.05, 0) is 31.6 Å². The molecule has 1 fully saturated rings. The van der Waals surface area contributed by atoms with Gasteiger partial charge in [-0.25, -0.2) is 0 Å². The van der Waals surface area contributed by atoms with Gasteiger partial charge in [-0.3, -0.25) is 0 Å². The van der Waals surface area contributed by atoms with E-state index in [1.165, 1.54) is 32.1 Å². The minimum absolute atomic E-state index is 0.861. The van der Waals surface area contributed by atoms with E-state index in [1.807, 2.05) is 6.08 Å². The summed E-state index contributed by atoms with van der Waals surface area (Å²) >= 11 is 0. The van der Waals surface area contributed by atoms with Crippen molar-refractivity contribution >= 4 is 0 Å². The lowest BCUT2D eigenvalue weighted by Gasteiger charge is -2.04. The second-order valence-electron chi connectivity index (χ2n) is 3.30. The zero-order valence-electron chi connectivity index (χ0n) is 7.22. The fourth-order valence-corrected chi connectivity index (χ4v) is 1.53. The van der Waals surface area contributed by atoms with Crippen molar-refractivity contribution in [3.8, 4) is 0 Å². The normalized spacial score (nSPS) is 23.8. The first-order chi connectivity index (χ1) is 5.43. The standard InChI is InChI=1S/C10H18O/c1-2-3-4-5-6-10-7-8-11-9-10/h2,10H,1,3-9H2/t10-/m1/s1. The molecule has 1 heterocycles. The topological polar surface area (TPSA) is 9.23 Å². The van der Waals surface area contributed by atoms with Crippen LogP contribution in [0.25, 0.3) is 0 Å². The van der Waals surface area contributed by atoms with Gasteiger partial charge in [-0.1, -0.05) is 12.5 Å². The molecule has 0 N–H and O–H groups in total. The molecular formula is C10H18O. The number of hydrogen-bond acceptors (Lipinski definition) is 1. The van der Waals surface area contributed by atoms with Crippen LogP contribution in [0, 0.1) is 5.92 Å². The Morgan fingerprint density at radius 2 is 2.36 bits per heavy atom. The molecule has 0 amide bonds. The van der Waals surface area contributed by atoms with Gasteiger partial charge < -0.3 is 4.74 Å². The van der Waals surface area contributed by atoms with Crippen molar-refractivity contribution in [2.75, 3.05) is 13.2 Å². The first kappa shape index (κ1) is 8.79. The Hall–Kier alpha value is -0.300. The molecule has 0 spiro atoms. The summed E-state index contributed by atoms with van der Waals surface area (Å²) in [6, 6.07) is 0. The first-order valence-corrected chi connectivity index (χ1v) is 4.62. The average Bonchev–Trinajstić information content (AvgIpc) is 2.50. The number of ether oxygens (including phenoxy) is 1. The van der Waals surface area contributed by atoms with E-state index < -0.39 is 0 Å². The van der Waals surface area contributed by atoms with Crippen LogP contribution in [0.1, 0.15) is 32.1 Å². The van der Waals surface area contributed by atoms with Gasteiger partial charge >= 0.3 is 0 Å². The molecule has 0 unspecified atom stereocenters. The van der Waals surface area contributed by atoms with Crippen LogP contribution >= 0.6 is 0 Å². The van der Waals surface area contributed by atoms with E-state index in [0.29, 0.717) is 0 Å². The van der Waals surface area contributed by atoms with Crippen LogP contribution in [-0.2, 0) is 4.74 Å². The third-order valence-corrected chi connectivity index (χ3v) is 2.29. The Balaban J connectivity index is 1.89. The van der Waals surface area contributed by atoms with Gasteiger partial charge in [0.25, 0.3) is 0 Å². The lowest BCUT2D eigenvalue weighted by atomic mass is 10.0. The molecule has 64 valence electrons. The number of rotatable bonds is 5. The van der Waals surface area contributed by atoms with E-state index in [1.54, 1.807) is 0 Å². The smallest absolute Gasteiger partial charge is 0.0495 e. The van der Waals surface area contributed by atoms with Crippen LogP contribution in [0.3, 0.4) is 0 Å². The second kappa shape index (κ2) is 5.36. The van der Waals surface area contributed by atoms with E-state index in [-0.39, 0.29) is 0 Å². The highest BCUT2D eigenvalue weighted by Gasteiger charge is 2.14. The summed E-state index contributed by atoms with van der Waals surface area (Å²) in [6.45, 7) is 5.71. The molecule has 1 aliphatic rings. The van der Waals surface area contributed by atoms with Crippen LogP contribution < -0.4 is 0 Å². The highest BCUT2D eigenvalue weighted by Crippen LogP contribution is 2.19. The van der Waals surface area contributed by atoms with Crippen molar-refractivity contribution in [3.63, 3.8) is 0 Å². The van der Waals surface area contributed by atoms with Crippen molar-refractivity contribution < 1.29 is 4.74 Å². The highest BCUT2D eigenvalue weighted by atomic mass is 16.5. The van der Waals surface area contributed by atoms with Crippen molar-refractivity contribution in [1.29, 1.82) is 0 Å². The predicted octanol–water partition coefficient (Wildman–Crippen LogP) is 2.77. The second-order valence-corrected chi connectivity index (χ2v) is 3.30. The summed E-state index contributed by atoms with van der Waals surface area (Å²) < 4.78 is 5.29. The molecule has 0 aromatic heterocycles. The summed E-state index contributed by atoms with van der Waals surface area (Å²) in [7, 11) is 0. The van der Waals surface area contributed by atoms with Gasteiger partial charge in [-0.15, -0.1) is 6.58 Å². The molecule has 0 saturated carbocycles. The third kappa shape index (κ3) is 3.57. The SMILES string of the molecule is C=CCCCC[C@@H]1CCOC1. The van der Waals surface area contributed by atoms with Crippen LogP contribution in [0.15, 0.2) is 12.7 Å². The lowest BCUT2D eigenvalue weighted by molar-refractivity contribution is 0.183. The predicted molar refractivity (Wildman–Crippen MR) is 47.6 cm³/mol. The maximum atomic E-state index is 5.29. The van der Waals surface area contributed by atoms with E-state index in [4.69, 9.17) is 4.74 Å². The number of allylic oxidation sites excluding steroid dienone is 1. The van der Waals surface area contributed by atoms with Crippen LogP contribution in [0.5, 0.6) is 0 Å². The fourth-order valence-electron chi connectivity index (χ4n) is 1.53. The molecule has 1 heteroatoms. The number of unbranched alkanes of at least 4 members (excludes halogenated alkanes) is 2. The van der Waals surface area contributed by atoms with Gasteiger partial charge in [-0.2, -0.15) is 0 Å². The first-order valence-electron chi connectivity index (χ1n) is 4.62. The minimum atomic E-state index is 0.861. The van der Waals surface area contributed by atoms with Gasteiger partial charge in [0.1, 0.15) is 0 Å². The summed E-state index contributed by atoms with van der Waals surface area (Å²) in [5, 5.41) is 0. The third-order valence-electron chi connectivity index (χ3n) is 2.29. The molecule has 0 bridgehead atoms. The fraction of sp³-hybridized carbons (Fsp3) is 0.800. The molecule has 11 heavy (non-hydrogen) atoms. The zero-order valence-corrected chi connectivity index (χ0v) is 7.22. The minimum Gasteiger partial charge on any atom is -0.381 e. The van der Waals surface area contributed by atoms with Crippen LogP contribution in [0.4, 0.5) is 0 Å². The lowest BCUT2D eigenvalue weighted by Crippen LogP contribution is -1.98. The van der Waals surface area contributed by atoms with Crippen molar-refractivity contribution in [3.05, 3.63) is 12.7 Å². The molecule has 0 aliphatic carbocycles. The van der Waals surface area contributed by atoms with Crippen molar-refractivity contribution in [2.24, 2.45) is 5.92 Å². The highest BCUT2D eigenvalue weighted by molar-refractivity contribution is 4.68. The summed E-state index contributed by atoms with van der Waals surface area (Å²) in [5.74, 6) is 0.861. The molecule has 1 atom stereocenters. The van der Waals surface area contributed by atoms with E-state index in [0.717, 1.165) is 19.1 Å².